The first kappa shape index (κ1) is 22.4. The molecule has 1 fully saturated rings. The van der Waals surface area contributed by atoms with Crippen LogP contribution in [-0.2, 0) is 29.4 Å². The molecule has 2 aromatic carbocycles. The fourth-order valence-electron chi connectivity index (χ4n) is 4.76. The van der Waals surface area contributed by atoms with Crippen LogP contribution in [0.3, 0.4) is 0 Å². The van der Waals surface area contributed by atoms with Gasteiger partial charge in [-0.25, -0.2) is 8.78 Å². The molecular formula is C28H27BF2N4O3. The number of fused-ring (bicyclic) bond motifs is 2. The van der Waals surface area contributed by atoms with E-state index in [-0.39, 0.29) is 11.3 Å². The highest BCUT2D eigenvalue weighted by molar-refractivity contribution is 6.62. The van der Waals surface area contributed by atoms with Crippen molar-refractivity contribution in [1.82, 2.24) is 19.7 Å². The number of hydrogen-bond acceptors (Lipinski definition) is 5. The van der Waals surface area contributed by atoms with E-state index in [0.717, 1.165) is 10.3 Å². The van der Waals surface area contributed by atoms with Crippen LogP contribution >= 0.6 is 0 Å². The Bertz CT molecular complexity index is 1670. The summed E-state index contributed by atoms with van der Waals surface area (Å²) in [5, 5.41) is 5.08. The smallest absolute Gasteiger partial charge is 0.399 e. The molecule has 4 aromatic rings. The van der Waals surface area contributed by atoms with E-state index in [4.69, 9.17) is 12.1 Å². The van der Waals surface area contributed by atoms with Gasteiger partial charge in [-0.05, 0) is 63.1 Å². The van der Waals surface area contributed by atoms with Crippen molar-refractivity contribution >= 4 is 29.4 Å². The second-order valence-electron chi connectivity index (χ2n) is 10.7. The zero-order valence-corrected chi connectivity index (χ0v) is 21.7. The summed E-state index contributed by atoms with van der Waals surface area (Å²) in [5.41, 5.74) is 0.269. The number of hydrogen-bond donors (Lipinski definition) is 0. The van der Waals surface area contributed by atoms with Gasteiger partial charge in [-0.1, -0.05) is 12.1 Å². The molecular weight excluding hydrogens is 489 g/mol. The SMILES string of the molecule is [2H]C1([2H])c2ncc(B3OC(C)(C)C(C)(C)O3)cc2C(=O)N1Cc1c(F)cc(-c2cccc3nn(C)cc23)cc1F. The number of amides is 1. The third-order valence-corrected chi connectivity index (χ3v) is 7.58. The zero-order chi connectivity index (χ0) is 28.8. The number of rotatable bonds is 4. The van der Waals surface area contributed by atoms with Crippen LogP contribution in [0.4, 0.5) is 8.78 Å². The molecule has 0 atom stereocenters. The number of aromatic nitrogens is 3. The average Bonchev–Trinajstić information content (AvgIpc) is 3.42. The van der Waals surface area contributed by atoms with Gasteiger partial charge in [0.15, 0.2) is 0 Å². The average molecular weight is 518 g/mol. The van der Waals surface area contributed by atoms with Crippen LogP contribution in [0.5, 0.6) is 0 Å². The van der Waals surface area contributed by atoms with E-state index in [1.54, 1.807) is 30.1 Å². The van der Waals surface area contributed by atoms with Crippen LogP contribution in [0.15, 0.2) is 48.8 Å². The quantitative estimate of drug-likeness (QED) is 0.376. The predicted molar refractivity (Wildman–Crippen MR) is 140 cm³/mol. The standard InChI is InChI=1S/C28H27BF2N4O3/c1-27(2)28(3,4)38-29(37-27)17-11-19-25(32-12-17)15-35(26(19)36)14-21-22(30)9-16(10-23(21)31)18-7-6-8-24-20(18)13-34(5)33-24/h6-13H,14-15H2,1-5H3/i15D2. The Balaban J connectivity index is 1.31. The van der Waals surface area contributed by atoms with Crippen molar-refractivity contribution in [2.24, 2.45) is 7.05 Å². The van der Waals surface area contributed by atoms with Gasteiger partial charge in [0.05, 0.1) is 43.8 Å². The maximum atomic E-state index is 15.4. The molecule has 2 aliphatic heterocycles. The maximum Gasteiger partial charge on any atom is 0.496 e. The summed E-state index contributed by atoms with van der Waals surface area (Å²) in [4.78, 5) is 18.4. The first-order valence-corrected chi connectivity index (χ1v) is 12.3. The number of pyridine rings is 1. The zero-order valence-electron chi connectivity index (χ0n) is 23.7. The van der Waals surface area contributed by atoms with Crippen LogP contribution in [0, 0.1) is 11.6 Å². The van der Waals surface area contributed by atoms with Crippen LogP contribution in [-0.4, -0.2) is 43.9 Å². The van der Waals surface area contributed by atoms with E-state index in [1.807, 2.05) is 33.8 Å². The van der Waals surface area contributed by atoms with Gasteiger partial charge in [0, 0.05) is 35.9 Å². The van der Waals surface area contributed by atoms with E-state index in [1.165, 1.54) is 24.4 Å². The lowest BCUT2D eigenvalue weighted by atomic mass is 9.79. The van der Waals surface area contributed by atoms with Crippen molar-refractivity contribution in [3.8, 4) is 11.1 Å². The van der Waals surface area contributed by atoms with Crippen LogP contribution < -0.4 is 5.46 Å². The van der Waals surface area contributed by atoms with Crippen molar-refractivity contribution in [1.29, 1.82) is 0 Å². The first-order valence-electron chi connectivity index (χ1n) is 13.3. The summed E-state index contributed by atoms with van der Waals surface area (Å²) in [6.07, 6.45) is 3.18. The van der Waals surface area contributed by atoms with Gasteiger partial charge in [0.2, 0.25) is 0 Å². The largest absolute Gasteiger partial charge is 0.496 e. The summed E-state index contributed by atoms with van der Waals surface area (Å²) >= 11 is 0. The third kappa shape index (κ3) is 3.90. The lowest BCUT2D eigenvalue weighted by molar-refractivity contribution is 0.00578. The summed E-state index contributed by atoms with van der Waals surface area (Å²) in [5.74, 6) is -2.50. The topological polar surface area (TPSA) is 69.5 Å². The molecule has 38 heavy (non-hydrogen) atoms. The second-order valence-corrected chi connectivity index (χ2v) is 10.7. The Labute approximate surface area is 222 Å². The minimum atomic E-state index is -2.39. The molecule has 0 spiro atoms. The normalized spacial score (nSPS) is 20.1. The number of carbonyl (C=O) groups is 1. The molecule has 1 amide bonds. The molecule has 0 unspecified atom stereocenters. The van der Waals surface area contributed by atoms with Gasteiger partial charge in [0.25, 0.3) is 5.91 Å². The molecule has 4 heterocycles. The Kier molecular flexibility index (Phi) is 4.97. The van der Waals surface area contributed by atoms with Crippen molar-refractivity contribution in [2.45, 2.75) is 51.9 Å². The van der Waals surface area contributed by atoms with Gasteiger partial charge in [0.1, 0.15) is 11.6 Å². The van der Waals surface area contributed by atoms with Gasteiger partial charge in [-0.15, -0.1) is 0 Å². The molecule has 10 heteroatoms. The van der Waals surface area contributed by atoms with Gasteiger partial charge >= 0.3 is 7.12 Å². The van der Waals surface area contributed by atoms with Crippen LogP contribution in [0.2, 0.25) is 0 Å². The van der Waals surface area contributed by atoms with Crippen molar-refractivity contribution < 1.29 is 25.6 Å². The molecule has 2 aromatic heterocycles. The molecule has 1 saturated heterocycles. The fourth-order valence-corrected chi connectivity index (χ4v) is 4.76. The van der Waals surface area contributed by atoms with E-state index in [9.17, 15) is 4.79 Å². The Morgan fingerprint density at radius 1 is 1.08 bits per heavy atom. The number of aryl methyl sites for hydroxylation is 1. The summed E-state index contributed by atoms with van der Waals surface area (Å²) in [7, 11) is 0.961. The second kappa shape index (κ2) is 8.44. The van der Waals surface area contributed by atoms with E-state index in [0.29, 0.717) is 22.1 Å². The molecule has 0 saturated carbocycles. The van der Waals surface area contributed by atoms with Gasteiger partial charge < -0.3 is 14.2 Å². The third-order valence-electron chi connectivity index (χ3n) is 7.58. The number of nitrogens with zero attached hydrogens (tertiary/aromatic N) is 4. The van der Waals surface area contributed by atoms with Crippen LogP contribution in [0.1, 0.15) is 52.1 Å². The number of benzene rings is 2. The highest BCUT2D eigenvalue weighted by Gasteiger charge is 2.52. The maximum absolute atomic E-state index is 15.4. The first-order chi connectivity index (χ1) is 18.7. The minimum absolute atomic E-state index is 0.00194. The summed E-state index contributed by atoms with van der Waals surface area (Å²) in [6.45, 7) is 4.56. The molecule has 0 radical (unpaired) electrons. The molecule has 0 bridgehead atoms. The van der Waals surface area contributed by atoms with E-state index >= 15 is 8.78 Å². The molecule has 7 nitrogen and oxygen atoms in total. The predicted octanol–water partition coefficient (Wildman–Crippen LogP) is 4.37. The molecule has 6 rings (SSSR count). The highest BCUT2D eigenvalue weighted by atomic mass is 19.1. The summed E-state index contributed by atoms with van der Waals surface area (Å²) in [6, 6.07) is 9.18. The van der Waals surface area contributed by atoms with E-state index < -0.39 is 54.5 Å². The van der Waals surface area contributed by atoms with Gasteiger partial charge in [-0.3, -0.25) is 14.5 Å². The highest BCUT2D eigenvalue weighted by Crippen LogP contribution is 2.37. The molecule has 2 aliphatic rings. The monoisotopic (exact) mass is 518 g/mol. The van der Waals surface area contributed by atoms with E-state index in [2.05, 4.69) is 10.1 Å². The Morgan fingerprint density at radius 3 is 2.45 bits per heavy atom. The Hall–Kier alpha value is -3.63. The number of halogens is 2. The molecule has 0 aliphatic carbocycles. The summed E-state index contributed by atoms with van der Waals surface area (Å²) < 4.78 is 61.8. The van der Waals surface area contributed by atoms with Crippen molar-refractivity contribution in [3.05, 3.63) is 77.2 Å². The van der Waals surface area contributed by atoms with Crippen LogP contribution in [0.25, 0.3) is 22.0 Å². The minimum Gasteiger partial charge on any atom is -0.399 e. The van der Waals surface area contributed by atoms with Crippen molar-refractivity contribution in [3.63, 3.8) is 0 Å². The van der Waals surface area contributed by atoms with Crippen molar-refractivity contribution in [2.75, 3.05) is 0 Å². The lowest BCUT2D eigenvalue weighted by Crippen LogP contribution is -2.41. The number of carbonyl (C=O) groups excluding carboxylic acids is 1. The lowest BCUT2D eigenvalue weighted by Gasteiger charge is -2.32. The Morgan fingerprint density at radius 2 is 1.76 bits per heavy atom. The molecule has 194 valence electrons. The van der Waals surface area contributed by atoms with Gasteiger partial charge in [-0.2, -0.15) is 5.10 Å². The molecule has 0 N–H and O–H groups in total. The fraction of sp³-hybridized carbons (Fsp3) is 0.321.